The number of carbonyl (C=O) groups excluding carboxylic acids is 1. The summed E-state index contributed by atoms with van der Waals surface area (Å²) >= 11 is 0. The largest absolute Gasteiger partial charge is 0.415 e. The Morgan fingerprint density at radius 1 is 1.22 bits per heavy atom. The number of alkyl halides is 3. The van der Waals surface area contributed by atoms with Gasteiger partial charge in [0, 0.05) is 25.2 Å². The predicted molar refractivity (Wildman–Crippen MR) is 61.9 cm³/mol. The maximum Gasteiger partial charge on any atom is 0.415 e. The summed E-state index contributed by atoms with van der Waals surface area (Å²) in [6, 6.07) is 0.0310. The highest BCUT2D eigenvalue weighted by Gasteiger charge is 2.55. The molecular weight excluding hydrogens is 247 g/mol. The molecule has 18 heavy (non-hydrogen) atoms. The third kappa shape index (κ3) is 2.61. The smallest absolute Gasteiger partial charge is 0.338 e. The molecule has 2 N–H and O–H groups in total. The maximum atomic E-state index is 12.7. The van der Waals surface area contributed by atoms with Crippen LogP contribution in [0, 0.1) is 0 Å². The normalized spacial score (nSPS) is 30.1. The van der Waals surface area contributed by atoms with Gasteiger partial charge in [-0.05, 0) is 27.8 Å². The van der Waals surface area contributed by atoms with Gasteiger partial charge in [-0.2, -0.15) is 13.2 Å². The number of nitrogens with two attached hydrogens (primary N) is 1. The molecule has 0 saturated carbocycles. The fourth-order valence-corrected chi connectivity index (χ4v) is 2.02. The van der Waals surface area contributed by atoms with Crippen LogP contribution < -0.4 is 5.73 Å². The second-order valence-electron chi connectivity index (χ2n) is 5.27. The van der Waals surface area contributed by atoms with Crippen LogP contribution in [0.4, 0.5) is 13.2 Å². The summed E-state index contributed by atoms with van der Waals surface area (Å²) in [5.74, 6) is -1.05. The Kier molecular flexibility index (Phi) is 3.97. The van der Waals surface area contributed by atoms with Crippen molar-refractivity contribution in [3.05, 3.63) is 0 Å². The first-order valence-electron chi connectivity index (χ1n) is 5.85. The Morgan fingerprint density at radius 2 is 1.61 bits per heavy atom. The average Bonchev–Trinajstić information content (AvgIpc) is 2.22. The number of hydrogen-bond acceptors (Lipinski definition) is 3. The molecule has 0 aromatic heterocycles. The van der Waals surface area contributed by atoms with Crippen molar-refractivity contribution in [2.24, 2.45) is 5.73 Å². The van der Waals surface area contributed by atoms with E-state index < -0.39 is 17.6 Å². The Morgan fingerprint density at radius 3 is 1.94 bits per heavy atom. The van der Waals surface area contributed by atoms with E-state index in [-0.39, 0.29) is 25.2 Å². The third-order valence-corrected chi connectivity index (χ3v) is 3.68. The number of amides is 1. The standard InChI is InChI=1S/C11H20F3N3O/c1-7-5-17(6-8(2)16(7)4)9(18)10(3,15)11(12,13)14/h7-8H,5-6,15H2,1-4H3. The molecule has 1 aliphatic rings. The van der Waals surface area contributed by atoms with Crippen LogP contribution in [-0.2, 0) is 4.79 Å². The van der Waals surface area contributed by atoms with Crippen LogP contribution in [-0.4, -0.2) is 59.6 Å². The van der Waals surface area contributed by atoms with E-state index in [4.69, 9.17) is 5.73 Å². The molecule has 106 valence electrons. The van der Waals surface area contributed by atoms with Gasteiger partial charge in [0.15, 0.2) is 5.54 Å². The zero-order valence-corrected chi connectivity index (χ0v) is 11.1. The molecule has 1 fully saturated rings. The van der Waals surface area contributed by atoms with E-state index in [1.165, 1.54) is 4.90 Å². The summed E-state index contributed by atoms with van der Waals surface area (Å²) in [5, 5.41) is 0. The Balaban J connectivity index is 2.86. The van der Waals surface area contributed by atoms with Crippen molar-refractivity contribution in [1.82, 2.24) is 9.80 Å². The van der Waals surface area contributed by atoms with Gasteiger partial charge < -0.3 is 10.6 Å². The molecule has 1 rings (SSSR count). The number of hydrogen-bond donors (Lipinski definition) is 1. The van der Waals surface area contributed by atoms with E-state index in [1.807, 2.05) is 25.8 Å². The van der Waals surface area contributed by atoms with Crippen molar-refractivity contribution in [2.45, 2.75) is 44.6 Å². The summed E-state index contributed by atoms with van der Waals surface area (Å²) < 4.78 is 38.2. The number of carbonyl (C=O) groups is 1. The highest BCUT2D eigenvalue weighted by Crippen LogP contribution is 2.30. The number of halogens is 3. The van der Waals surface area contributed by atoms with Crippen molar-refractivity contribution in [3.63, 3.8) is 0 Å². The molecule has 1 saturated heterocycles. The SMILES string of the molecule is CC1CN(C(=O)C(C)(N)C(F)(F)F)CC(C)N1C. The molecule has 1 aliphatic heterocycles. The van der Waals surface area contributed by atoms with Gasteiger partial charge in [-0.1, -0.05) is 0 Å². The fraction of sp³-hybridized carbons (Fsp3) is 0.909. The van der Waals surface area contributed by atoms with Crippen molar-refractivity contribution in [3.8, 4) is 0 Å². The van der Waals surface area contributed by atoms with Gasteiger partial charge in [0.25, 0.3) is 5.91 Å². The van der Waals surface area contributed by atoms with Crippen LogP contribution in [0.25, 0.3) is 0 Å². The second kappa shape index (κ2) is 4.70. The van der Waals surface area contributed by atoms with Crippen molar-refractivity contribution < 1.29 is 18.0 Å². The first kappa shape index (κ1) is 15.2. The Bertz CT molecular complexity index is 318. The van der Waals surface area contributed by atoms with E-state index in [0.29, 0.717) is 0 Å². The van der Waals surface area contributed by atoms with Crippen molar-refractivity contribution >= 4 is 5.91 Å². The molecule has 0 bridgehead atoms. The summed E-state index contributed by atoms with van der Waals surface area (Å²) in [5.41, 5.74) is 2.35. The minimum atomic E-state index is -4.74. The lowest BCUT2D eigenvalue weighted by Crippen LogP contribution is -2.66. The van der Waals surface area contributed by atoms with Gasteiger partial charge >= 0.3 is 6.18 Å². The summed E-state index contributed by atoms with van der Waals surface area (Å²) in [7, 11) is 1.89. The molecule has 3 atom stereocenters. The van der Waals surface area contributed by atoms with E-state index in [1.54, 1.807) is 0 Å². The fourth-order valence-electron chi connectivity index (χ4n) is 2.02. The van der Waals surface area contributed by atoms with E-state index in [9.17, 15) is 18.0 Å². The van der Waals surface area contributed by atoms with Crippen LogP contribution in [0.15, 0.2) is 0 Å². The average molecular weight is 267 g/mol. The van der Waals surface area contributed by atoms with Gasteiger partial charge in [-0.15, -0.1) is 0 Å². The van der Waals surface area contributed by atoms with E-state index in [0.717, 1.165) is 6.92 Å². The molecule has 0 spiro atoms. The second-order valence-corrected chi connectivity index (χ2v) is 5.27. The highest BCUT2D eigenvalue weighted by molar-refractivity contribution is 5.86. The summed E-state index contributed by atoms with van der Waals surface area (Å²) in [6.45, 7) is 5.00. The molecular formula is C11H20F3N3O. The van der Waals surface area contributed by atoms with Crippen LogP contribution in [0.2, 0.25) is 0 Å². The van der Waals surface area contributed by atoms with Crippen LogP contribution in [0.5, 0.6) is 0 Å². The highest BCUT2D eigenvalue weighted by atomic mass is 19.4. The van der Waals surface area contributed by atoms with Crippen LogP contribution in [0.3, 0.4) is 0 Å². The molecule has 3 unspecified atom stereocenters. The minimum Gasteiger partial charge on any atom is -0.338 e. The van der Waals surface area contributed by atoms with E-state index in [2.05, 4.69) is 0 Å². The first-order valence-corrected chi connectivity index (χ1v) is 5.85. The predicted octanol–water partition coefficient (Wildman–Crippen LogP) is 0.817. The molecule has 4 nitrogen and oxygen atoms in total. The number of likely N-dealkylation sites (N-methyl/N-ethyl adjacent to an activating group) is 1. The molecule has 7 heteroatoms. The van der Waals surface area contributed by atoms with Gasteiger partial charge in [-0.25, -0.2) is 0 Å². The topological polar surface area (TPSA) is 49.6 Å². The Hall–Kier alpha value is -0.820. The monoisotopic (exact) mass is 267 g/mol. The van der Waals surface area contributed by atoms with Crippen molar-refractivity contribution in [2.75, 3.05) is 20.1 Å². The summed E-state index contributed by atoms with van der Waals surface area (Å²) in [6.07, 6.45) is -4.74. The van der Waals surface area contributed by atoms with Gasteiger partial charge in [0.1, 0.15) is 0 Å². The molecule has 0 radical (unpaired) electrons. The zero-order valence-electron chi connectivity index (χ0n) is 11.1. The molecule has 1 amide bonds. The lowest BCUT2D eigenvalue weighted by atomic mass is 9.99. The molecule has 0 aromatic rings. The lowest BCUT2D eigenvalue weighted by Gasteiger charge is -2.44. The molecule has 0 aliphatic carbocycles. The lowest BCUT2D eigenvalue weighted by molar-refractivity contribution is -0.195. The van der Waals surface area contributed by atoms with Gasteiger partial charge in [-0.3, -0.25) is 9.69 Å². The third-order valence-electron chi connectivity index (χ3n) is 3.68. The minimum absolute atomic E-state index is 0.0155. The van der Waals surface area contributed by atoms with Gasteiger partial charge in [0.2, 0.25) is 0 Å². The number of rotatable bonds is 1. The van der Waals surface area contributed by atoms with E-state index >= 15 is 0 Å². The van der Waals surface area contributed by atoms with Crippen molar-refractivity contribution in [1.29, 1.82) is 0 Å². The van der Waals surface area contributed by atoms with Crippen LogP contribution in [0.1, 0.15) is 20.8 Å². The first-order chi connectivity index (χ1) is 7.98. The van der Waals surface area contributed by atoms with Gasteiger partial charge in [0.05, 0.1) is 0 Å². The maximum absolute atomic E-state index is 12.7. The number of nitrogens with zero attached hydrogens (tertiary/aromatic N) is 2. The zero-order chi connectivity index (χ0) is 14.3. The Labute approximate surface area is 105 Å². The molecule has 1 heterocycles. The summed E-state index contributed by atoms with van der Waals surface area (Å²) in [4.78, 5) is 15.2. The quantitative estimate of drug-likeness (QED) is 0.765. The van der Waals surface area contributed by atoms with Crippen LogP contribution >= 0.6 is 0 Å². The number of piperazine rings is 1. The molecule has 0 aromatic carbocycles.